The Morgan fingerprint density at radius 1 is 1.43 bits per heavy atom. The number of para-hydroxylation sites is 1. The van der Waals surface area contributed by atoms with Crippen LogP contribution >= 0.6 is 0 Å². The third kappa shape index (κ3) is 2.76. The van der Waals surface area contributed by atoms with Gasteiger partial charge in [-0.1, -0.05) is 26.0 Å². The highest BCUT2D eigenvalue weighted by molar-refractivity contribution is 5.89. The van der Waals surface area contributed by atoms with Crippen LogP contribution in [0.1, 0.15) is 24.2 Å². The van der Waals surface area contributed by atoms with Crippen molar-refractivity contribution in [1.82, 2.24) is 0 Å². The molecule has 0 amide bonds. The molecule has 0 aliphatic rings. The quantitative estimate of drug-likeness (QED) is 0.719. The number of carbonyl (C=O) groups excluding carboxylic acids is 1. The first kappa shape index (κ1) is 10.6. The van der Waals surface area contributed by atoms with E-state index in [0.717, 1.165) is 0 Å². The van der Waals surface area contributed by atoms with Crippen molar-refractivity contribution in [1.29, 1.82) is 0 Å². The number of carboxylic acid groups (broad SMARTS) is 1. The molecule has 0 aromatic heterocycles. The molecule has 1 rings (SSSR count). The monoisotopic (exact) mass is 193 g/mol. The molecule has 0 spiro atoms. The van der Waals surface area contributed by atoms with Gasteiger partial charge in [-0.25, -0.2) is 0 Å². The van der Waals surface area contributed by atoms with Crippen LogP contribution in [0.4, 0.5) is 0 Å². The zero-order chi connectivity index (χ0) is 10.6. The summed E-state index contributed by atoms with van der Waals surface area (Å²) in [7, 11) is 0. The average Bonchev–Trinajstić information content (AvgIpc) is 2.15. The maximum absolute atomic E-state index is 10.7. The van der Waals surface area contributed by atoms with E-state index in [9.17, 15) is 9.90 Å². The topological polar surface area (TPSA) is 49.4 Å². The number of hydrogen-bond acceptors (Lipinski definition) is 3. The molecular weight excluding hydrogens is 180 g/mol. The van der Waals surface area contributed by atoms with Crippen molar-refractivity contribution in [2.75, 3.05) is 6.61 Å². The van der Waals surface area contributed by atoms with Crippen LogP contribution < -0.4 is 9.84 Å². The zero-order valence-corrected chi connectivity index (χ0v) is 8.32. The minimum atomic E-state index is -1.20. The van der Waals surface area contributed by atoms with Gasteiger partial charge in [0, 0.05) is 5.56 Å². The van der Waals surface area contributed by atoms with Crippen LogP contribution in [0, 0.1) is 5.92 Å². The maximum atomic E-state index is 10.7. The first-order valence-corrected chi connectivity index (χ1v) is 4.54. The van der Waals surface area contributed by atoms with Gasteiger partial charge in [-0.05, 0) is 18.1 Å². The van der Waals surface area contributed by atoms with E-state index in [1.54, 1.807) is 18.2 Å². The van der Waals surface area contributed by atoms with Crippen molar-refractivity contribution in [2.45, 2.75) is 13.8 Å². The molecule has 0 N–H and O–H groups in total. The second kappa shape index (κ2) is 4.65. The smallest absolute Gasteiger partial charge is 0.128 e. The summed E-state index contributed by atoms with van der Waals surface area (Å²) in [6.45, 7) is 4.51. The van der Waals surface area contributed by atoms with E-state index in [1.165, 1.54) is 6.07 Å². The van der Waals surface area contributed by atoms with Crippen molar-refractivity contribution in [3.63, 3.8) is 0 Å². The molecule has 1 aromatic carbocycles. The summed E-state index contributed by atoms with van der Waals surface area (Å²) in [6, 6.07) is 6.49. The summed E-state index contributed by atoms with van der Waals surface area (Å²) >= 11 is 0. The summed E-state index contributed by atoms with van der Waals surface area (Å²) in [6.07, 6.45) is 0. The lowest BCUT2D eigenvalue weighted by molar-refractivity contribution is -0.255. The molecule has 1 aromatic rings. The van der Waals surface area contributed by atoms with Crippen molar-refractivity contribution in [3.8, 4) is 5.75 Å². The molecule has 0 bridgehead atoms. The number of aromatic carboxylic acids is 1. The molecule has 14 heavy (non-hydrogen) atoms. The predicted molar refractivity (Wildman–Crippen MR) is 51.1 cm³/mol. The highest BCUT2D eigenvalue weighted by atomic mass is 16.5. The van der Waals surface area contributed by atoms with Gasteiger partial charge in [0.15, 0.2) is 0 Å². The Morgan fingerprint density at radius 2 is 2.07 bits per heavy atom. The third-order valence-corrected chi connectivity index (χ3v) is 1.68. The first-order valence-electron chi connectivity index (χ1n) is 4.54. The van der Waals surface area contributed by atoms with Crippen molar-refractivity contribution >= 4 is 5.97 Å². The van der Waals surface area contributed by atoms with Crippen LogP contribution in [0.3, 0.4) is 0 Å². The van der Waals surface area contributed by atoms with E-state index in [1.807, 2.05) is 13.8 Å². The molecule has 0 atom stereocenters. The van der Waals surface area contributed by atoms with Gasteiger partial charge in [0.2, 0.25) is 0 Å². The second-order valence-electron chi connectivity index (χ2n) is 3.49. The van der Waals surface area contributed by atoms with Crippen LogP contribution in [-0.4, -0.2) is 12.6 Å². The summed E-state index contributed by atoms with van der Waals surface area (Å²) < 4.78 is 5.34. The Labute approximate surface area is 83.3 Å². The van der Waals surface area contributed by atoms with E-state index >= 15 is 0 Å². The summed E-state index contributed by atoms with van der Waals surface area (Å²) in [5.74, 6) is -0.463. The Hall–Kier alpha value is -1.51. The number of ether oxygens (including phenoxy) is 1. The highest BCUT2D eigenvalue weighted by Crippen LogP contribution is 2.17. The summed E-state index contributed by atoms with van der Waals surface area (Å²) in [4.78, 5) is 10.7. The van der Waals surface area contributed by atoms with Gasteiger partial charge >= 0.3 is 0 Å². The molecule has 0 unspecified atom stereocenters. The lowest BCUT2D eigenvalue weighted by Gasteiger charge is -2.13. The van der Waals surface area contributed by atoms with Crippen LogP contribution in [0.15, 0.2) is 24.3 Å². The predicted octanol–water partition coefficient (Wildman–Crippen LogP) is 1.08. The van der Waals surface area contributed by atoms with Gasteiger partial charge in [-0.15, -0.1) is 0 Å². The molecule has 0 heterocycles. The van der Waals surface area contributed by atoms with E-state index in [-0.39, 0.29) is 5.56 Å². The second-order valence-corrected chi connectivity index (χ2v) is 3.49. The van der Waals surface area contributed by atoms with E-state index < -0.39 is 5.97 Å². The first-order chi connectivity index (χ1) is 6.61. The van der Waals surface area contributed by atoms with Crippen LogP contribution in [0.25, 0.3) is 0 Å². The molecular formula is C11H13O3-. The largest absolute Gasteiger partial charge is 0.545 e. The normalized spacial score (nSPS) is 10.2. The zero-order valence-electron chi connectivity index (χ0n) is 8.32. The molecule has 0 fully saturated rings. The summed E-state index contributed by atoms with van der Waals surface area (Å²) in [5.41, 5.74) is 0.105. The standard InChI is InChI=1S/C11H14O3/c1-8(2)7-14-10-6-4-3-5-9(10)11(12)13/h3-6,8H,7H2,1-2H3,(H,12,13)/p-1. The van der Waals surface area contributed by atoms with Crippen LogP contribution in [-0.2, 0) is 0 Å². The molecule has 0 aliphatic heterocycles. The number of benzene rings is 1. The van der Waals surface area contributed by atoms with E-state index in [4.69, 9.17) is 4.74 Å². The fraction of sp³-hybridized carbons (Fsp3) is 0.364. The number of carboxylic acids is 1. The fourth-order valence-corrected chi connectivity index (χ4v) is 1.02. The Bertz CT molecular complexity index is 318. The number of carbonyl (C=O) groups is 1. The Morgan fingerprint density at radius 3 is 2.64 bits per heavy atom. The van der Waals surface area contributed by atoms with Crippen molar-refractivity contribution in [3.05, 3.63) is 29.8 Å². The van der Waals surface area contributed by atoms with Crippen LogP contribution in [0.5, 0.6) is 5.75 Å². The van der Waals surface area contributed by atoms with Gasteiger partial charge in [0.05, 0.1) is 12.6 Å². The minimum Gasteiger partial charge on any atom is -0.545 e. The summed E-state index contributed by atoms with van der Waals surface area (Å²) in [5, 5.41) is 10.7. The molecule has 0 radical (unpaired) electrons. The van der Waals surface area contributed by atoms with Crippen molar-refractivity contribution in [2.24, 2.45) is 5.92 Å². The highest BCUT2D eigenvalue weighted by Gasteiger charge is 2.03. The average molecular weight is 193 g/mol. The van der Waals surface area contributed by atoms with Crippen LogP contribution in [0.2, 0.25) is 0 Å². The SMILES string of the molecule is CC(C)COc1ccccc1C(=O)[O-]. The lowest BCUT2D eigenvalue weighted by Crippen LogP contribution is -2.23. The van der Waals surface area contributed by atoms with Gasteiger partial charge < -0.3 is 14.6 Å². The van der Waals surface area contributed by atoms with E-state index in [0.29, 0.717) is 18.3 Å². The molecule has 3 nitrogen and oxygen atoms in total. The molecule has 3 heteroatoms. The Kier molecular flexibility index (Phi) is 3.51. The molecule has 76 valence electrons. The fourth-order valence-electron chi connectivity index (χ4n) is 1.02. The maximum Gasteiger partial charge on any atom is 0.128 e. The molecule has 0 saturated heterocycles. The minimum absolute atomic E-state index is 0.105. The van der Waals surface area contributed by atoms with Gasteiger partial charge in [0.1, 0.15) is 5.75 Å². The van der Waals surface area contributed by atoms with Crippen molar-refractivity contribution < 1.29 is 14.6 Å². The van der Waals surface area contributed by atoms with Gasteiger partial charge in [-0.2, -0.15) is 0 Å². The van der Waals surface area contributed by atoms with E-state index in [2.05, 4.69) is 0 Å². The molecule has 0 aliphatic carbocycles. The number of rotatable bonds is 4. The van der Waals surface area contributed by atoms with Gasteiger partial charge in [-0.3, -0.25) is 0 Å². The third-order valence-electron chi connectivity index (χ3n) is 1.68. The number of hydrogen-bond donors (Lipinski definition) is 0. The lowest BCUT2D eigenvalue weighted by atomic mass is 10.2. The molecule has 0 saturated carbocycles. The van der Waals surface area contributed by atoms with Gasteiger partial charge in [0.25, 0.3) is 0 Å². The Balaban J connectivity index is 2.79.